The molecule has 0 aliphatic heterocycles. The highest BCUT2D eigenvalue weighted by Gasteiger charge is 2.07. The zero-order valence-corrected chi connectivity index (χ0v) is 11.7. The first-order valence-electron chi connectivity index (χ1n) is 6.09. The Morgan fingerprint density at radius 2 is 1.85 bits per heavy atom. The average Bonchev–Trinajstić information content (AvgIpc) is 2.47. The molecule has 0 atom stereocenters. The van der Waals surface area contributed by atoms with E-state index in [4.69, 9.17) is 22.2 Å². The number of nitrogens with two attached hydrogens (primary N) is 1. The normalized spacial score (nSPS) is 10.2. The van der Waals surface area contributed by atoms with Gasteiger partial charge in [0.05, 0.1) is 6.61 Å². The van der Waals surface area contributed by atoms with Gasteiger partial charge < -0.3 is 10.1 Å². The molecule has 0 bridgehead atoms. The largest absolute Gasteiger partial charge is 0.463 e. The Morgan fingerprint density at radius 3 is 2.50 bits per heavy atom. The first-order chi connectivity index (χ1) is 9.71. The summed E-state index contributed by atoms with van der Waals surface area (Å²) in [7, 11) is 0. The number of nitrogens with zero attached hydrogens (tertiary/aromatic N) is 3. The summed E-state index contributed by atoms with van der Waals surface area (Å²) in [6, 6.07) is 7.37. The number of hydrazine groups is 1. The van der Waals surface area contributed by atoms with Crippen LogP contribution < -0.4 is 21.3 Å². The lowest BCUT2D eigenvalue weighted by Crippen LogP contribution is -2.13. The Balaban J connectivity index is 2.19. The van der Waals surface area contributed by atoms with E-state index in [2.05, 4.69) is 25.7 Å². The van der Waals surface area contributed by atoms with Crippen molar-refractivity contribution in [2.45, 2.75) is 13.3 Å². The minimum atomic E-state index is 0.214. The fourth-order valence-corrected chi connectivity index (χ4v) is 1.52. The van der Waals surface area contributed by atoms with Crippen LogP contribution in [0.15, 0.2) is 24.3 Å². The van der Waals surface area contributed by atoms with E-state index in [1.54, 1.807) is 12.1 Å². The predicted molar refractivity (Wildman–Crippen MR) is 78.2 cm³/mol. The number of halogens is 1. The van der Waals surface area contributed by atoms with Gasteiger partial charge in [-0.25, -0.2) is 5.84 Å². The molecule has 2 rings (SSSR count). The third-order valence-corrected chi connectivity index (χ3v) is 2.53. The van der Waals surface area contributed by atoms with Gasteiger partial charge in [-0.3, -0.25) is 5.43 Å². The first-order valence-corrected chi connectivity index (χ1v) is 6.47. The second-order valence-electron chi connectivity index (χ2n) is 3.89. The van der Waals surface area contributed by atoms with Gasteiger partial charge >= 0.3 is 6.01 Å². The van der Waals surface area contributed by atoms with Crippen molar-refractivity contribution in [2.75, 3.05) is 17.3 Å². The fourth-order valence-electron chi connectivity index (χ4n) is 1.40. The molecule has 4 N–H and O–H groups in total. The molecule has 1 aromatic heterocycles. The maximum absolute atomic E-state index is 5.83. The van der Waals surface area contributed by atoms with E-state index in [1.165, 1.54) is 0 Å². The number of rotatable bonds is 6. The van der Waals surface area contributed by atoms with E-state index in [0.29, 0.717) is 17.6 Å². The van der Waals surface area contributed by atoms with Gasteiger partial charge in [0.2, 0.25) is 11.9 Å². The molecule has 0 radical (unpaired) electrons. The molecule has 0 saturated heterocycles. The molecule has 2 aromatic rings. The highest BCUT2D eigenvalue weighted by Crippen LogP contribution is 2.18. The zero-order valence-electron chi connectivity index (χ0n) is 10.9. The van der Waals surface area contributed by atoms with Gasteiger partial charge in [0.1, 0.15) is 0 Å². The summed E-state index contributed by atoms with van der Waals surface area (Å²) in [5.74, 6) is 5.89. The van der Waals surface area contributed by atoms with Crippen LogP contribution in [0.3, 0.4) is 0 Å². The van der Waals surface area contributed by atoms with E-state index in [1.807, 2.05) is 19.1 Å². The van der Waals surface area contributed by atoms with Crippen molar-refractivity contribution >= 4 is 29.2 Å². The third-order valence-electron chi connectivity index (χ3n) is 2.28. The van der Waals surface area contributed by atoms with Crippen LogP contribution in [0.4, 0.5) is 17.6 Å². The third kappa shape index (κ3) is 3.94. The van der Waals surface area contributed by atoms with Crippen LogP contribution >= 0.6 is 11.6 Å². The molecule has 106 valence electrons. The van der Waals surface area contributed by atoms with E-state index in [0.717, 1.165) is 12.1 Å². The standard InChI is InChI=1S/C12H15ClN6O/c1-2-7-20-12-17-10(16-11(18-12)19-14)15-9-5-3-8(13)4-6-9/h3-6H,2,7,14H2,1H3,(H2,15,16,17,18,19). The number of aromatic nitrogens is 3. The Labute approximate surface area is 121 Å². The van der Waals surface area contributed by atoms with E-state index < -0.39 is 0 Å². The molecule has 0 aliphatic carbocycles. The molecule has 0 spiro atoms. The predicted octanol–water partition coefficient (Wildman–Crippen LogP) is 2.34. The average molecular weight is 295 g/mol. The summed E-state index contributed by atoms with van der Waals surface area (Å²) in [6.07, 6.45) is 0.858. The molecule has 0 saturated carbocycles. The number of nitrogens with one attached hydrogen (secondary N) is 2. The van der Waals surface area contributed by atoms with Crippen LogP contribution in [0.25, 0.3) is 0 Å². The lowest BCUT2D eigenvalue weighted by molar-refractivity contribution is 0.292. The first kappa shape index (κ1) is 14.3. The van der Waals surface area contributed by atoms with Crippen molar-refractivity contribution in [3.63, 3.8) is 0 Å². The van der Waals surface area contributed by atoms with E-state index in [9.17, 15) is 0 Å². The lowest BCUT2D eigenvalue weighted by atomic mass is 10.3. The van der Waals surface area contributed by atoms with Crippen LogP contribution in [-0.4, -0.2) is 21.6 Å². The van der Waals surface area contributed by atoms with Gasteiger partial charge in [-0.05, 0) is 30.7 Å². The Hall–Kier alpha value is -2.12. The maximum atomic E-state index is 5.83. The van der Waals surface area contributed by atoms with E-state index >= 15 is 0 Å². The summed E-state index contributed by atoms with van der Waals surface area (Å²) < 4.78 is 5.38. The highest BCUT2D eigenvalue weighted by molar-refractivity contribution is 6.30. The van der Waals surface area contributed by atoms with Gasteiger partial charge in [0.25, 0.3) is 0 Å². The van der Waals surface area contributed by atoms with Gasteiger partial charge in [-0.1, -0.05) is 18.5 Å². The number of anilines is 3. The lowest BCUT2D eigenvalue weighted by Gasteiger charge is -2.09. The van der Waals surface area contributed by atoms with Crippen molar-refractivity contribution in [3.05, 3.63) is 29.3 Å². The molecular formula is C12H15ClN6O. The van der Waals surface area contributed by atoms with Crippen LogP contribution in [0.2, 0.25) is 5.02 Å². The van der Waals surface area contributed by atoms with Gasteiger partial charge in [-0.2, -0.15) is 15.0 Å². The van der Waals surface area contributed by atoms with Gasteiger partial charge in [0.15, 0.2) is 0 Å². The Kier molecular flexibility index (Phi) is 4.91. The zero-order chi connectivity index (χ0) is 14.4. The van der Waals surface area contributed by atoms with Crippen molar-refractivity contribution in [2.24, 2.45) is 5.84 Å². The summed E-state index contributed by atoms with van der Waals surface area (Å²) in [5, 5.41) is 3.68. The van der Waals surface area contributed by atoms with Crippen LogP contribution in [0.1, 0.15) is 13.3 Å². The maximum Gasteiger partial charge on any atom is 0.323 e. The van der Waals surface area contributed by atoms with Crippen molar-refractivity contribution in [3.8, 4) is 6.01 Å². The smallest absolute Gasteiger partial charge is 0.323 e. The minimum Gasteiger partial charge on any atom is -0.463 e. The Bertz CT molecular complexity index is 562. The summed E-state index contributed by atoms with van der Waals surface area (Å²) in [4.78, 5) is 12.3. The van der Waals surface area contributed by atoms with Crippen LogP contribution in [0, 0.1) is 0 Å². The van der Waals surface area contributed by atoms with Crippen molar-refractivity contribution < 1.29 is 4.74 Å². The molecule has 0 amide bonds. The molecule has 0 aliphatic rings. The molecule has 0 fully saturated rings. The second-order valence-corrected chi connectivity index (χ2v) is 4.33. The SMILES string of the molecule is CCCOc1nc(NN)nc(Nc2ccc(Cl)cc2)n1. The minimum absolute atomic E-state index is 0.214. The number of hydrogen-bond donors (Lipinski definition) is 3. The van der Waals surface area contributed by atoms with Crippen LogP contribution in [0.5, 0.6) is 6.01 Å². The molecular weight excluding hydrogens is 280 g/mol. The van der Waals surface area contributed by atoms with E-state index in [-0.39, 0.29) is 12.0 Å². The Morgan fingerprint density at radius 1 is 1.15 bits per heavy atom. The second kappa shape index (κ2) is 6.88. The molecule has 1 heterocycles. The van der Waals surface area contributed by atoms with Crippen molar-refractivity contribution in [1.29, 1.82) is 0 Å². The number of hydrogen-bond acceptors (Lipinski definition) is 7. The fraction of sp³-hybridized carbons (Fsp3) is 0.250. The van der Waals surface area contributed by atoms with Crippen LogP contribution in [-0.2, 0) is 0 Å². The molecule has 0 unspecified atom stereocenters. The molecule has 7 nitrogen and oxygen atoms in total. The molecule has 20 heavy (non-hydrogen) atoms. The monoisotopic (exact) mass is 294 g/mol. The summed E-state index contributed by atoms with van der Waals surface area (Å²) in [5.41, 5.74) is 3.17. The molecule has 1 aromatic carbocycles. The number of ether oxygens (including phenoxy) is 1. The van der Waals surface area contributed by atoms with Gasteiger partial charge in [0, 0.05) is 10.7 Å². The summed E-state index contributed by atoms with van der Waals surface area (Å²) in [6.45, 7) is 2.52. The quantitative estimate of drug-likeness (QED) is 0.555. The summed E-state index contributed by atoms with van der Waals surface area (Å²) >= 11 is 5.83. The number of nitrogen functional groups attached to an aromatic ring is 1. The topological polar surface area (TPSA) is 98.0 Å². The van der Waals surface area contributed by atoms with Crippen molar-refractivity contribution in [1.82, 2.24) is 15.0 Å². The van der Waals surface area contributed by atoms with Gasteiger partial charge in [-0.15, -0.1) is 0 Å². The molecule has 8 heteroatoms. The number of benzene rings is 1. The highest BCUT2D eigenvalue weighted by atomic mass is 35.5.